The van der Waals surface area contributed by atoms with E-state index in [4.69, 9.17) is 0 Å². The SMILES string of the molecule is O=C(c1nccc2ccccc12)N1CCC=N1. The quantitative estimate of drug-likeness (QED) is 0.745. The number of rotatable bonds is 1. The van der Waals surface area contributed by atoms with Crippen LogP contribution in [0.5, 0.6) is 0 Å². The Hall–Kier alpha value is -2.23. The maximum atomic E-state index is 12.2. The number of aromatic nitrogens is 1. The minimum absolute atomic E-state index is 0.129. The molecule has 2 aromatic rings. The molecule has 0 bridgehead atoms. The maximum absolute atomic E-state index is 12.2. The lowest BCUT2D eigenvalue weighted by molar-refractivity contribution is 0.0775. The Morgan fingerprint density at radius 1 is 1.24 bits per heavy atom. The Morgan fingerprint density at radius 2 is 2.12 bits per heavy atom. The van der Waals surface area contributed by atoms with E-state index >= 15 is 0 Å². The van der Waals surface area contributed by atoms with E-state index in [1.54, 1.807) is 12.4 Å². The first-order valence-corrected chi connectivity index (χ1v) is 5.54. The summed E-state index contributed by atoms with van der Waals surface area (Å²) in [5.41, 5.74) is 0.474. The standard InChI is InChI=1S/C13H11N3O/c17-13(16-9-3-7-15-16)12-11-5-2-1-4-10(11)6-8-14-12/h1-2,4-8H,3,9H2. The van der Waals surface area contributed by atoms with Gasteiger partial charge in [0.2, 0.25) is 0 Å². The first-order valence-electron chi connectivity index (χ1n) is 5.54. The van der Waals surface area contributed by atoms with E-state index in [-0.39, 0.29) is 5.91 Å². The molecule has 4 heteroatoms. The van der Waals surface area contributed by atoms with Crippen molar-refractivity contribution >= 4 is 22.9 Å². The largest absolute Gasteiger partial charge is 0.293 e. The molecule has 4 nitrogen and oxygen atoms in total. The molecule has 0 radical (unpaired) electrons. The average Bonchev–Trinajstić information content (AvgIpc) is 2.91. The lowest BCUT2D eigenvalue weighted by Crippen LogP contribution is -2.24. The molecule has 2 heterocycles. The van der Waals surface area contributed by atoms with Crippen LogP contribution in [0.1, 0.15) is 16.9 Å². The van der Waals surface area contributed by atoms with Crippen molar-refractivity contribution in [2.24, 2.45) is 5.10 Å². The number of carbonyl (C=O) groups excluding carboxylic acids is 1. The van der Waals surface area contributed by atoms with Crippen molar-refractivity contribution in [3.05, 3.63) is 42.2 Å². The highest BCUT2D eigenvalue weighted by Crippen LogP contribution is 2.18. The van der Waals surface area contributed by atoms with Gasteiger partial charge in [0.1, 0.15) is 5.69 Å². The first kappa shape index (κ1) is 9.96. The van der Waals surface area contributed by atoms with Crippen LogP contribution in [0, 0.1) is 0 Å². The zero-order chi connectivity index (χ0) is 11.7. The molecule has 1 aromatic carbocycles. The molecule has 0 saturated carbocycles. The topological polar surface area (TPSA) is 45.6 Å². The van der Waals surface area contributed by atoms with Gasteiger partial charge in [0.15, 0.2) is 0 Å². The molecule has 3 rings (SSSR count). The molecule has 0 atom stereocenters. The number of fused-ring (bicyclic) bond motifs is 1. The number of benzene rings is 1. The molecule has 0 N–H and O–H groups in total. The number of hydrazone groups is 1. The number of hydrogen-bond acceptors (Lipinski definition) is 3. The average molecular weight is 225 g/mol. The highest BCUT2D eigenvalue weighted by molar-refractivity contribution is 6.05. The summed E-state index contributed by atoms with van der Waals surface area (Å²) in [6.07, 6.45) is 4.23. The van der Waals surface area contributed by atoms with E-state index < -0.39 is 0 Å². The summed E-state index contributed by atoms with van der Waals surface area (Å²) < 4.78 is 0. The summed E-state index contributed by atoms with van der Waals surface area (Å²) in [5, 5.41) is 7.40. The Kier molecular flexibility index (Phi) is 2.33. The summed E-state index contributed by atoms with van der Waals surface area (Å²) in [4.78, 5) is 16.4. The smallest absolute Gasteiger partial charge is 0.265 e. The van der Waals surface area contributed by atoms with E-state index in [1.807, 2.05) is 30.3 Å². The van der Waals surface area contributed by atoms with Gasteiger partial charge in [-0.3, -0.25) is 9.78 Å². The van der Waals surface area contributed by atoms with Crippen LogP contribution in [-0.2, 0) is 0 Å². The molecule has 0 saturated heterocycles. The summed E-state index contributed by atoms with van der Waals surface area (Å²) in [5.74, 6) is -0.129. The molecular formula is C13H11N3O. The molecule has 1 aromatic heterocycles. The minimum Gasteiger partial charge on any atom is -0.265 e. The van der Waals surface area contributed by atoms with Crippen LogP contribution in [0.2, 0.25) is 0 Å². The molecule has 1 aliphatic heterocycles. The van der Waals surface area contributed by atoms with Crippen LogP contribution in [0.3, 0.4) is 0 Å². The molecule has 0 aliphatic carbocycles. The van der Waals surface area contributed by atoms with Gasteiger partial charge in [-0.25, -0.2) is 5.01 Å². The normalized spacial score (nSPS) is 14.5. The monoisotopic (exact) mass is 225 g/mol. The van der Waals surface area contributed by atoms with Gasteiger partial charge in [-0.1, -0.05) is 24.3 Å². The highest BCUT2D eigenvalue weighted by Gasteiger charge is 2.20. The second kappa shape index (κ2) is 3.97. The van der Waals surface area contributed by atoms with Crippen LogP contribution in [0.25, 0.3) is 10.8 Å². The Morgan fingerprint density at radius 3 is 2.94 bits per heavy atom. The lowest BCUT2D eigenvalue weighted by Gasteiger charge is -2.12. The molecule has 0 unspecified atom stereocenters. The van der Waals surface area contributed by atoms with Gasteiger partial charge in [-0.2, -0.15) is 5.10 Å². The van der Waals surface area contributed by atoms with Crippen molar-refractivity contribution in [1.29, 1.82) is 0 Å². The van der Waals surface area contributed by atoms with Crippen LogP contribution >= 0.6 is 0 Å². The fourth-order valence-electron chi connectivity index (χ4n) is 1.96. The van der Waals surface area contributed by atoms with Crippen LogP contribution in [-0.4, -0.2) is 28.7 Å². The zero-order valence-corrected chi connectivity index (χ0v) is 9.21. The first-order chi connectivity index (χ1) is 8.36. The van der Waals surface area contributed by atoms with Crippen LogP contribution in [0.15, 0.2) is 41.6 Å². The van der Waals surface area contributed by atoms with E-state index in [0.717, 1.165) is 17.2 Å². The third-order valence-corrected chi connectivity index (χ3v) is 2.80. The number of amides is 1. The summed E-state index contributed by atoms with van der Waals surface area (Å²) in [6.45, 7) is 0.643. The third kappa shape index (κ3) is 1.67. The Balaban J connectivity index is 2.10. The van der Waals surface area contributed by atoms with Gasteiger partial charge in [0.25, 0.3) is 5.91 Å². The molecule has 17 heavy (non-hydrogen) atoms. The van der Waals surface area contributed by atoms with Crippen molar-refractivity contribution in [2.75, 3.05) is 6.54 Å². The van der Waals surface area contributed by atoms with E-state index in [1.165, 1.54) is 5.01 Å². The van der Waals surface area contributed by atoms with Gasteiger partial charge in [-0.05, 0) is 11.5 Å². The summed E-state index contributed by atoms with van der Waals surface area (Å²) in [6, 6.07) is 9.65. The van der Waals surface area contributed by atoms with Crippen LogP contribution in [0.4, 0.5) is 0 Å². The molecule has 1 aliphatic rings. The van der Waals surface area contributed by atoms with Crippen molar-refractivity contribution in [1.82, 2.24) is 9.99 Å². The zero-order valence-electron chi connectivity index (χ0n) is 9.21. The predicted molar refractivity (Wildman–Crippen MR) is 65.9 cm³/mol. The summed E-state index contributed by atoms with van der Waals surface area (Å²) >= 11 is 0. The van der Waals surface area contributed by atoms with Gasteiger partial charge in [-0.15, -0.1) is 0 Å². The van der Waals surface area contributed by atoms with Crippen molar-refractivity contribution in [3.8, 4) is 0 Å². The molecule has 0 spiro atoms. The predicted octanol–water partition coefficient (Wildman–Crippen LogP) is 2.07. The van der Waals surface area contributed by atoms with Gasteiger partial charge < -0.3 is 0 Å². The molecular weight excluding hydrogens is 214 g/mol. The van der Waals surface area contributed by atoms with Gasteiger partial charge in [0, 0.05) is 30.8 Å². The molecule has 84 valence electrons. The van der Waals surface area contributed by atoms with Crippen molar-refractivity contribution in [2.45, 2.75) is 6.42 Å². The molecule has 1 amide bonds. The Bertz CT molecular complexity index is 601. The van der Waals surface area contributed by atoms with Crippen LogP contribution < -0.4 is 0 Å². The second-order valence-corrected chi connectivity index (χ2v) is 3.90. The van der Waals surface area contributed by atoms with E-state index in [9.17, 15) is 4.79 Å². The second-order valence-electron chi connectivity index (χ2n) is 3.90. The minimum atomic E-state index is -0.129. The van der Waals surface area contributed by atoms with Crippen molar-refractivity contribution < 1.29 is 4.79 Å². The number of hydrogen-bond donors (Lipinski definition) is 0. The van der Waals surface area contributed by atoms with Gasteiger partial charge in [0.05, 0.1) is 0 Å². The molecule has 0 fully saturated rings. The fourth-order valence-corrected chi connectivity index (χ4v) is 1.96. The number of carbonyl (C=O) groups is 1. The van der Waals surface area contributed by atoms with Crippen molar-refractivity contribution in [3.63, 3.8) is 0 Å². The third-order valence-electron chi connectivity index (χ3n) is 2.80. The lowest BCUT2D eigenvalue weighted by atomic mass is 10.1. The Labute approximate surface area is 98.6 Å². The van der Waals surface area contributed by atoms with Gasteiger partial charge >= 0.3 is 0 Å². The highest BCUT2D eigenvalue weighted by atomic mass is 16.2. The van der Waals surface area contributed by atoms with E-state index in [2.05, 4.69) is 10.1 Å². The van der Waals surface area contributed by atoms with E-state index in [0.29, 0.717) is 12.2 Å². The number of pyridine rings is 1. The summed E-state index contributed by atoms with van der Waals surface area (Å²) in [7, 11) is 0. The fraction of sp³-hybridized carbons (Fsp3) is 0.154. The maximum Gasteiger partial charge on any atom is 0.293 e. The number of nitrogens with zero attached hydrogens (tertiary/aromatic N) is 3.